The number of hydrogen-bond donors (Lipinski definition) is 0. The summed E-state index contributed by atoms with van der Waals surface area (Å²) in [6.07, 6.45) is 2.59. The van der Waals surface area contributed by atoms with Crippen molar-refractivity contribution in [2.24, 2.45) is 0 Å². The van der Waals surface area contributed by atoms with Gasteiger partial charge < -0.3 is 9.80 Å². The normalized spacial score (nSPS) is 15.4. The van der Waals surface area contributed by atoms with E-state index in [0.29, 0.717) is 12.5 Å². The number of piperidine rings is 1. The molecule has 0 saturated carbocycles. The van der Waals surface area contributed by atoms with Gasteiger partial charge in [0.25, 0.3) is 0 Å². The van der Waals surface area contributed by atoms with E-state index < -0.39 is 0 Å². The number of anilines is 2. The van der Waals surface area contributed by atoms with E-state index >= 15 is 0 Å². The number of carbonyl (C=O) groups is 1. The van der Waals surface area contributed by atoms with Crippen LogP contribution in [0.3, 0.4) is 0 Å². The number of carbonyl (C=O) groups excluding carboxylic acids is 1. The smallest absolute Gasteiger partial charge is 0.226 e. The summed E-state index contributed by atoms with van der Waals surface area (Å²) in [6.45, 7) is 7.07. The molecule has 1 aliphatic rings. The lowest BCUT2D eigenvalue weighted by molar-refractivity contribution is -0.119. The van der Waals surface area contributed by atoms with Crippen LogP contribution >= 0.6 is 0 Å². The van der Waals surface area contributed by atoms with Crippen LogP contribution in [0.4, 0.5) is 11.4 Å². The first-order valence-electron chi connectivity index (χ1n) is 10.3. The van der Waals surface area contributed by atoms with Crippen LogP contribution in [-0.4, -0.2) is 44.0 Å². The number of benzene rings is 2. The van der Waals surface area contributed by atoms with Crippen LogP contribution in [0.2, 0.25) is 0 Å². The molecule has 2 aromatic rings. The molecular formula is C24H33N3O. The van der Waals surface area contributed by atoms with Gasteiger partial charge in [0.05, 0.1) is 0 Å². The Morgan fingerprint density at radius 1 is 1.04 bits per heavy atom. The summed E-state index contributed by atoms with van der Waals surface area (Å²) >= 11 is 0. The first-order valence-corrected chi connectivity index (χ1v) is 10.3. The van der Waals surface area contributed by atoms with Gasteiger partial charge in [-0.1, -0.05) is 31.2 Å². The van der Waals surface area contributed by atoms with Gasteiger partial charge in [0.2, 0.25) is 5.91 Å². The zero-order valence-corrected chi connectivity index (χ0v) is 17.7. The van der Waals surface area contributed by atoms with Gasteiger partial charge in [0, 0.05) is 57.6 Å². The van der Waals surface area contributed by atoms with Crippen molar-refractivity contribution >= 4 is 17.3 Å². The molecule has 2 aromatic carbocycles. The Balaban J connectivity index is 1.63. The molecule has 3 rings (SSSR count). The summed E-state index contributed by atoms with van der Waals surface area (Å²) in [5.41, 5.74) is 4.83. The Morgan fingerprint density at radius 3 is 2.29 bits per heavy atom. The van der Waals surface area contributed by atoms with Crippen LogP contribution in [0.5, 0.6) is 0 Å². The molecule has 0 radical (unpaired) electrons. The number of likely N-dealkylation sites (tertiary alicyclic amines) is 1. The molecule has 0 spiro atoms. The standard InChI is InChI=1S/C24H33N3O/c1-5-24(28)27(23-8-6-7-19(2)17-23)22-13-15-26(16-14-22)18-20-9-11-21(12-10-20)25(3)4/h6-12,17,22H,5,13-16,18H2,1-4H3. The highest BCUT2D eigenvalue weighted by atomic mass is 16.2. The molecule has 4 nitrogen and oxygen atoms in total. The number of amides is 1. The Hall–Kier alpha value is -2.33. The fourth-order valence-electron chi connectivity index (χ4n) is 4.00. The minimum absolute atomic E-state index is 0.225. The highest BCUT2D eigenvalue weighted by Gasteiger charge is 2.28. The van der Waals surface area contributed by atoms with Crippen molar-refractivity contribution in [3.8, 4) is 0 Å². The fraction of sp³-hybridized carbons (Fsp3) is 0.458. The predicted molar refractivity (Wildman–Crippen MR) is 118 cm³/mol. The van der Waals surface area contributed by atoms with Gasteiger partial charge in [0.1, 0.15) is 0 Å². The van der Waals surface area contributed by atoms with Gasteiger partial charge in [0.15, 0.2) is 0 Å². The van der Waals surface area contributed by atoms with E-state index in [-0.39, 0.29) is 5.91 Å². The highest BCUT2D eigenvalue weighted by Crippen LogP contribution is 2.26. The number of nitrogens with zero attached hydrogens (tertiary/aromatic N) is 3. The van der Waals surface area contributed by atoms with E-state index in [1.54, 1.807) is 0 Å². The summed E-state index contributed by atoms with van der Waals surface area (Å²) in [7, 11) is 4.13. The van der Waals surface area contributed by atoms with Gasteiger partial charge in [-0.25, -0.2) is 0 Å². The third-order valence-electron chi connectivity index (χ3n) is 5.63. The summed E-state index contributed by atoms with van der Waals surface area (Å²) in [4.78, 5) is 19.4. The molecule has 1 heterocycles. The minimum Gasteiger partial charge on any atom is -0.378 e. The minimum atomic E-state index is 0.225. The van der Waals surface area contributed by atoms with Crippen molar-refractivity contribution in [1.29, 1.82) is 0 Å². The van der Waals surface area contributed by atoms with Crippen LogP contribution in [0, 0.1) is 6.92 Å². The van der Waals surface area contributed by atoms with Crippen molar-refractivity contribution in [3.05, 3.63) is 59.7 Å². The van der Waals surface area contributed by atoms with Crippen LogP contribution in [-0.2, 0) is 11.3 Å². The van der Waals surface area contributed by atoms with Crippen molar-refractivity contribution in [3.63, 3.8) is 0 Å². The quantitative estimate of drug-likeness (QED) is 0.741. The number of hydrogen-bond acceptors (Lipinski definition) is 3. The Morgan fingerprint density at radius 2 is 1.71 bits per heavy atom. The first kappa shape index (κ1) is 20.4. The maximum absolute atomic E-state index is 12.7. The van der Waals surface area contributed by atoms with Crippen LogP contribution in [0.15, 0.2) is 48.5 Å². The Labute approximate surface area is 169 Å². The second kappa shape index (κ2) is 9.24. The Kier molecular flexibility index (Phi) is 6.74. The van der Waals surface area contributed by atoms with Crippen LogP contribution in [0.25, 0.3) is 0 Å². The summed E-state index contributed by atoms with van der Waals surface area (Å²) in [6, 6.07) is 17.4. The predicted octanol–water partition coefficient (Wildman–Crippen LogP) is 4.47. The average Bonchev–Trinajstić information content (AvgIpc) is 2.70. The van der Waals surface area contributed by atoms with E-state index in [1.807, 2.05) is 13.0 Å². The van der Waals surface area contributed by atoms with Crippen molar-refractivity contribution < 1.29 is 4.79 Å². The fourth-order valence-corrected chi connectivity index (χ4v) is 4.00. The van der Waals surface area contributed by atoms with Crippen LogP contribution < -0.4 is 9.80 Å². The highest BCUT2D eigenvalue weighted by molar-refractivity contribution is 5.93. The molecule has 4 heteroatoms. The molecule has 0 atom stereocenters. The van der Waals surface area contributed by atoms with Crippen molar-refractivity contribution in [2.45, 2.75) is 45.7 Å². The summed E-state index contributed by atoms with van der Waals surface area (Å²) in [5, 5.41) is 0. The van der Waals surface area contributed by atoms with E-state index in [9.17, 15) is 4.79 Å². The first-order chi connectivity index (χ1) is 13.5. The maximum atomic E-state index is 12.7. The van der Waals surface area contributed by atoms with Gasteiger partial charge in [-0.2, -0.15) is 0 Å². The largest absolute Gasteiger partial charge is 0.378 e. The van der Waals surface area contributed by atoms with E-state index in [4.69, 9.17) is 0 Å². The van der Waals surface area contributed by atoms with Crippen molar-refractivity contribution in [2.75, 3.05) is 37.0 Å². The van der Waals surface area contributed by atoms with E-state index in [2.05, 4.69) is 78.2 Å². The lowest BCUT2D eigenvalue weighted by Crippen LogP contribution is -2.47. The average molecular weight is 380 g/mol. The molecular weight excluding hydrogens is 346 g/mol. The molecule has 28 heavy (non-hydrogen) atoms. The molecule has 0 aromatic heterocycles. The molecule has 1 saturated heterocycles. The maximum Gasteiger partial charge on any atom is 0.226 e. The molecule has 0 aliphatic carbocycles. The molecule has 1 amide bonds. The zero-order valence-electron chi connectivity index (χ0n) is 17.7. The molecule has 0 N–H and O–H groups in total. The monoisotopic (exact) mass is 379 g/mol. The van der Waals surface area contributed by atoms with Crippen molar-refractivity contribution in [1.82, 2.24) is 4.90 Å². The van der Waals surface area contributed by atoms with Crippen LogP contribution in [0.1, 0.15) is 37.3 Å². The summed E-state index contributed by atoms with van der Waals surface area (Å²) < 4.78 is 0. The molecule has 1 fully saturated rings. The van der Waals surface area contributed by atoms with Gasteiger partial charge in [-0.15, -0.1) is 0 Å². The number of aryl methyl sites for hydroxylation is 1. The molecule has 1 aliphatic heterocycles. The molecule has 150 valence electrons. The lowest BCUT2D eigenvalue weighted by Gasteiger charge is -2.38. The summed E-state index contributed by atoms with van der Waals surface area (Å²) in [5.74, 6) is 0.225. The van der Waals surface area contributed by atoms with E-state index in [0.717, 1.165) is 38.2 Å². The SMILES string of the molecule is CCC(=O)N(c1cccc(C)c1)C1CCN(Cc2ccc(N(C)C)cc2)CC1. The van der Waals surface area contributed by atoms with Gasteiger partial charge in [-0.05, 0) is 55.2 Å². The Bertz CT molecular complexity index is 777. The van der Waals surface area contributed by atoms with E-state index in [1.165, 1.54) is 16.8 Å². The third kappa shape index (κ3) is 4.93. The van der Waals surface area contributed by atoms with Gasteiger partial charge in [-0.3, -0.25) is 9.69 Å². The third-order valence-corrected chi connectivity index (χ3v) is 5.63. The molecule has 0 bridgehead atoms. The second-order valence-corrected chi connectivity index (χ2v) is 8.02. The molecule has 0 unspecified atom stereocenters. The van der Waals surface area contributed by atoms with Gasteiger partial charge >= 0.3 is 0 Å². The topological polar surface area (TPSA) is 26.8 Å². The second-order valence-electron chi connectivity index (χ2n) is 8.02. The lowest BCUT2D eigenvalue weighted by atomic mass is 10.0. The number of rotatable bonds is 6. The zero-order chi connectivity index (χ0) is 20.1.